The van der Waals surface area contributed by atoms with Crippen molar-refractivity contribution in [1.82, 2.24) is 19.8 Å². The maximum atomic E-state index is 5.62. The largest absolute Gasteiger partial charge is 0.354 e. The van der Waals surface area contributed by atoms with Gasteiger partial charge in [0, 0.05) is 38.9 Å². The number of fused-ring (bicyclic) bond motifs is 6. The number of benzene rings is 7. The van der Waals surface area contributed by atoms with Gasteiger partial charge in [0.15, 0.2) is 6.29 Å². The number of aliphatic imine (C=N–C) groups is 1. The molecule has 3 heterocycles. The van der Waals surface area contributed by atoms with Gasteiger partial charge in [0.2, 0.25) is 0 Å². The van der Waals surface area contributed by atoms with Gasteiger partial charge in [0.1, 0.15) is 5.84 Å². The van der Waals surface area contributed by atoms with Crippen molar-refractivity contribution in [3.8, 4) is 11.1 Å². The normalized spacial score (nSPS) is 20.1. The Kier molecular flexibility index (Phi) is 10.1. The summed E-state index contributed by atoms with van der Waals surface area (Å²) in [4.78, 5) is 5.62. The van der Waals surface area contributed by atoms with E-state index < -0.39 is 0 Å². The predicted molar refractivity (Wildman–Crippen MR) is 284 cm³/mol. The lowest BCUT2D eigenvalue weighted by Crippen LogP contribution is -2.55. The van der Waals surface area contributed by atoms with Crippen LogP contribution in [-0.4, -0.2) is 21.1 Å². The van der Waals surface area contributed by atoms with Crippen molar-refractivity contribution < 1.29 is 0 Å². The van der Waals surface area contributed by atoms with Crippen LogP contribution in [0.4, 0.5) is 0 Å². The number of hydrogen-bond acceptors (Lipinski definition) is 3. The number of para-hydroxylation sites is 1. The quantitative estimate of drug-likeness (QED) is 0.160. The molecule has 328 valence electrons. The van der Waals surface area contributed by atoms with E-state index in [1.807, 2.05) is 0 Å². The molecule has 0 amide bonds. The number of aromatic nitrogens is 2. The summed E-state index contributed by atoms with van der Waals surface area (Å²) in [5.41, 5.74) is 17.5. The van der Waals surface area contributed by atoms with Crippen molar-refractivity contribution in [2.45, 2.75) is 44.2 Å². The number of rotatable bonds is 8. The Morgan fingerprint density at radius 2 is 1.13 bits per heavy atom. The minimum atomic E-state index is -0.379. The topological polar surface area (TPSA) is 46.3 Å². The van der Waals surface area contributed by atoms with E-state index in [0.717, 1.165) is 42.6 Å². The van der Waals surface area contributed by atoms with Crippen molar-refractivity contribution in [3.05, 3.63) is 252 Å². The van der Waals surface area contributed by atoms with Crippen LogP contribution in [0, 0.1) is 5.92 Å². The van der Waals surface area contributed by atoms with E-state index in [1.54, 1.807) is 0 Å². The molecular formula is C63H51N5. The molecule has 4 aliphatic rings. The molecule has 4 atom stereocenters. The average Bonchev–Trinajstić information content (AvgIpc) is 3.92. The Balaban J connectivity index is 0.975. The van der Waals surface area contributed by atoms with Crippen LogP contribution in [0.2, 0.25) is 0 Å². The van der Waals surface area contributed by atoms with Crippen molar-refractivity contribution >= 4 is 61.3 Å². The van der Waals surface area contributed by atoms with Gasteiger partial charge in [-0.2, -0.15) is 0 Å². The second kappa shape index (κ2) is 17.0. The predicted octanol–water partition coefficient (Wildman–Crippen LogP) is 14.6. The van der Waals surface area contributed by atoms with Crippen LogP contribution in [0.1, 0.15) is 65.1 Å². The molecule has 0 radical (unpaired) electrons. The third-order valence-electron chi connectivity index (χ3n) is 14.6. The van der Waals surface area contributed by atoms with Gasteiger partial charge in [-0.25, -0.2) is 4.99 Å². The molecule has 0 saturated carbocycles. The van der Waals surface area contributed by atoms with Crippen LogP contribution in [-0.2, 0) is 6.42 Å². The van der Waals surface area contributed by atoms with E-state index in [1.165, 1.54) is 83.0 Å². The Labute approximate surface area is 397 Å². The zero-order chi connectivity index (χ0) is 45.0. The number of nitrogens with zero attached hydrogens (tertiary/aromatic N) is 3. The Morgan fingerprint density at radius 3 is 1.87 bits per heavy atom. The van der Waals surface area contributed by atoms with Crippen molar-refractivity contribution in [3.63, 3.8) is 0 Å². The molecule has 2 aromatic heterocycles. The second-order valence-corrected chi connectivity index (χ2v) is 18.5. The molecule has 68 heavy (non-hydrogen) atoms. The van der Waals surface area contributed by atoms with Gasteiger partial charge in [-0.15, -0.1) is 0 Å². The fourth-order valence-electron chi connectivity index (χ4n) is 11.4. The number of hydrogen-bond donors (Lipinski definition) is 2. The Bertz CT molecular complexity index is 3550. The summed E-state index contributed by atoms with van der Waals surface area (Å²) in [5, 5.41) is 11.7. The van der Waals surface area contributed by atoms with Gasteiger partial charge in [0.05, 0.1) is 28.8 Å². The minimum absolute atomic E-state index is 0.0794. The molecule has 0 bridgehead atoms. The number of allylic oxidation sites excluding steroid dienone is 8. The SMILES string of the molecule is C1=Cc2c(n(C3CC=CC(c4ccccc4)=C3c3ccccc3)c3cc4c5ccccc5n(C5N=C(c6ccc(-c7ccccc7)cc6)NC(C6C=CC(c7ccccc7)=CC6)N5)c4cc23)CC1. The van der Waals surface area contributed by atoms with Gasteiger partial charge in [-0.05, 0) is 88.4 Å². The molecular weight excluding hydrogens is 827 g/mol. The van der Waals surface area contributed by atoms with E-state index in [-0.39, 0.29) is 24.4 Å². The van der Waals surface area contributed by atoms with Gasteiger partial charge in [0.25, 0.3) is 0 Å². The monoisotopic (exact) mass is 877 g/mol. The highest BCUT2D eigenvalue weighted by Gasteiger charge is 2.33. The maximum absolute atomic E-state index is 5.62. The standard InChI is InChI=1S/C63H51N5/c1-5-18-42(19-6-1)44-32-36-48(37-33-44)61-64-62(49-38-34-45(35-39-49)43-20-7-2-8-21-43)66-63(65-61)68-56-30-16-14-27-52(56)54-40-58-53(41-59(54)68)51-26-13-15-29-55(51)67(58)57-31-17-28-50(46-22-9-3-10-23-46)60(57)47-24-11-4-12-25-47/h1-14,16-28,30,32-38,40-41,49,57,62-63,66H,15,29,31,39H2,(H,64,65). The summed E-state index contributed by atoms with van der Waals surface area (Å²) in [6.07, 6.45) is 20.0. The molecule has 5 heteroatoms. The van der Waals surface area contributed by atoms with E-state index in [4.69, 9.17) is 4.99 Å². The number of nitrogens with one attached hydrogen (secondary N) is 2. The highest BCUT2D eigenvalue weighted by atomic mass is 15.4. The first-order valence-electron chi connectivity index (χ1n) is 24.2. The molecule has 9 aromatic rings. The molecule has 0 saturated heterocycles. The van der Waals surface area contributed by atoms with E-state index >= 15 is 0 Å². The van der Waals surface area contributed by atoms with Crippen molar-refractivity contribution in [2.75, 3.05) is 0 Å². The molecule has 3 aliphatic carbocycles. The first kappa shape index (κ1) is 40.3. The highest BCUT2D eigenvalue weighted by molar-refractivity contribution is 6.14. The summed E-state index contributed by atoms with van der Waals surface area (Å²) >= 11 is 0. The first-order chi connectivity index (χ1) is 33.7. The lowest BCUT2D eigenvalue weighted by molar-refractivity contribution is 0.286. The fraction of sp³-hybridized carbons (Fsp3) is 0.127. The zero-order valence-corrected chi connectivity index (χ0v) is 37.8. The summed E-state index contributed by atoms with van der Waals surface area (Å²) in [6.45, 7) is 0. The van der Waals surface area contributed by atoms with Crippen molar-refractivity contribution in [2.24, 2.45) is 10.9 Å². The third-order valence-corrected chi connectivity index (χ3v) is 14.6. The zero-order valence-electron chi connectivity index (χ0n) is 37.8. The highest BCUT2D eigenvalue weighted by Crippen LogP contribution is 2.47. The maximum Gasteiger partial charge on any atom is 0.184 e. The van der Waals surface area contributed by atoms with Crippen LogP contribution in [0.15, 0.2) is 223 Å². The summed E-state index contributed by atoms with van der Waals surface area (Å²) < 4.78 is 5.19. The third kappa shape index (κ3) is 7.01. The van der Waals surface area contributed by atoms with Crippen LogP contribution in [0.3, 0.4) is 0 Å². The van der Waals surface area contributed by atoms with Crippen LogP contribution >= 0.6 is 0 Å². The fourth-order valence-corrected chi connectivity index (χ4v) is 11.4. The van der Waals surface area contributed by atoms with Gasteiger partial charge >= 0.3 is 0 Å². The lowest BCUT2D eigenvalue weighted by atomic mass is 9.84. The molecule has 4 unspecified atom stereocenters. The molecule has 7 aromatic carbocycles. The molecule has 0 fully saturated rings. The molecule has 5 nitrogen and oxygen atoms in total. The molecule has 2 N–H and O–H groups in total. The van der Waals surface area contributed by atoms with Crippen LogP contribution in [0.25, 0.3) is 66.6 Å². The molecule has 0 spiro atoms. The van der Waals surface area contributed by atoms with Gasteiger partial charge < -0.3 is 14.5 Å². The number of amidine groups is 1. The first-order valence-corrected chi connectivity index (χ1v) is 24.2. The van der Waals surface area contributed by atoms with Crippen molar-refractivity contribution in [1.29, 1.82) is 0 Å². The minimum Gasteiger partial charge on any atom is -0.354 e. The van der Waals surface area contributed by atoms with Gasteiger partial charge in [-0.3, -0.25) is 5.32 Å². The second-order valence-electron chi connectivity index (χ2n) is 18.5. The van der Waals surface area contributed by atoms with Gasteiger partial charge in [-0.1, -0.05) is 206 Å². The molecule has 1 aliphatic heterocycles. The smallest absolute Gasteiger partial charge is 0.184 e. The Morgan fingerprint density at radius 1 is 0.500 bits per heavy atom. The summed E-state index contributed by atoms with van der Waals surface area (Å²) in [5.74, 6) is 1.09. The van der Waals surface area contributed by atoms with E-state index in [2.05, 4.69) is 244 Å². The van der Waals surface area contributed by atoms with E-state index in [9.17, 15) is 0 Å². The average molecular weight is 878 g/mol. The molecule has 13 rings (SSSR count). The Hall–Kier alpha value is -7.99. The van der Waals surface area contributed by atoms with Crippen LogP contribution < -0.4 is 10.6 Å². The van der Waals surface area contributed by atoms with E-state index in [0.29, 0.717) is 0 Å². The summed E-state index contributed by atoms with van der Waals surface area (Å²) in [7, 11) is 0. The van der Waals surface area contributed by atoms with Crippen LogP contribution in [0.5, 0.6) is 0 Å². The lowest BCUT2D eigenvalue weighted by Gasteiger charge is -2.37. The summed E-state index contributed by atoms with van der Waals surface area (Å²) in [6, 6.07) is 66.2.